The molecule has 98 valence electrons. The molecule has 0 bridgehead atoms. The van der Waals surface area contributed by atoms with Crippen LogP contribution in [0.3, 0.4) is 0 Å². The topological polar surface area (TPSA) is 46.3 Å². The van der Waals surface area contributed by atoms with E-state index in [0.717, 1.165) is 16.7 Å². The van der Waals surface area contributed by atoms with Crippen LogP contribution in [0.15, 0.2) is 24.3 Å². The Morgan fingerprint density at radius 3 is 2.44 bits per heavy atom. The summed E-state index contributed by atoms with van der Waals surface area (Å²) in [6.45, 7) is 12.9. The van der Waals surface area contributed by atoms with Gasteiger partial charge in [-0.15, -0.1) is 0 Å². The third-order valence-electron chi connectivity index (χ3n) is 2.97. The summed E-state index contributed by atoms with van der Waals surface area (Å²) in [6, 6.07) is 3.73. The highest BCUT2D eigenvalue weighted by atomic mass is 16.2. The molecule has 0 spiro atoms. The Labute approximate surface area is 109 Å². The molecule has 0 saturated carbocycles. The molecular formula is C15H22N2O. The van der Waals surface area contributed by atoms with Crippen molar-refractivity contribution in [1.82, 2.24) is 4.90 Å². The monoisotopic (exact) mass is 246 g/mol. The summed E-state index contributed by atoms with van der Waals surface area (Å²) in [4.78, 5) is 14.2. The van der Waals surface area contributed by atoms with Crippen molar-refractivity contribution in [2.75, 3.05) is 18.8 Å². The van der Waals surface area contributed by atoms with Gasteiger partial charge in [-0.3, -0.25) is 4.79 Å². The molecule has 3 heteroatoms. The Morgan fingerprint density at radius 1 is 1.33 bits per heavy atom. The second kappa shape index (κ2) is 5.71. The number of hydrogen-bond donors (Lipinski definition) is 1. The molecule has 0 fully saturated rings. The van der Waals surface area contributed by atoms with E-state index in [0.29, 0.717) is 24.3 Å². The van der Waals surface area contributed by atoms with E-state index in [4.69, 9.17) is 5.73 Å². The van der Waals surface area contributed by atoms with Crippen LogP contribution in [0.25, 0.3) is 0 Å². The fourth-order valence-corrected chi connectivity index (χ4v) is 1.92. The van der Waals surface area contributed by atoms with Crippen molar-refractivity contribution in [3.8, 4) is 0 Å². The maximum Gasteiger partial charge on any atom is 0.254 e. The first-order chi connectivity index (χ1) is 8.36. The van der Waals surface area contributed by atoms with Gasteiger partial charge in [0.05, 0.1) is 0 Å². The predicted octanol–water partition coefficient (Wildman–Crippen LogP) is 2.92. The molecule has 0 heterocycles. The highest BCUT2D eigenvalue weighted by molar-refractivity contribution is 5.96. The van der Waals surface area contributed by atoms with Crippen LogP contribution in [-0.4, -0.2) is 23.9 Å². The van der Waals surface area contributed by atoms with E-state index in [1.165, 1.54) is 0 Å². The molecule has 0 aliphatic heterocycles. The molecule has 1 aromatic carbocycles. The molecule has 1 amide bonds. The lowest BCUT2D eigenvalue weighted by molar-refractivity contribution is 0.0777. The number of likely N-dealkylation sites (N-methyl/N-ethyl adjacent to an activating group) is 1. The first-order valence-electron chi connectivity index (χ1n) is 6.17. The van der Waals surface area contributed by atoms with Crippen molar-refractivity contribution in [3.05, 3.63) is 41.0 Å². The van der Waals surface area contributed by atoms with Crippen molar-refractivity contribution in [3.63, 3.8) is 0 Å². The molecule has 0 aromatic heterocycles. The molecule has 18 heavy (non-hydrogen) atoms. The Bertz CT molecular complexity index is 478. The Morgan fingerprint density at radius 2 is 1.94 bits per heavy atom. The van der Waals surface area contributed by atoms with Crippen molar-refractivity contribution >= 4 is 11.6 Å². The molecule has 1 rings (SSSR count). The lowest BCUT2D eigenvalue weighted by Crippen LogP contribution is -2.32. The maximum absolute atomic E-state index is 12.4. The lowest BCUT2D eigenvalue weighted by Gasteiger charge is -2.22. The van der Waals surface area contributed by atoms with Gasteiger partial charge < -0.3 is 10.6 Å². The summed E-state index contributed by atoms with van der Waals surface area (Å²) in [7, 11) is 0. The van der Waals surface area contributed by atoms with Gasteiger partial charge in [-0.05, 0) is 44.9 Å². The van der Waals surface area contributed by atoms with Gasteiger partial charge in [0, 0.05) is 24.3 Å². The van der Waals surface area contributed by atoms with Gasteiger partial charge in [-0.2, -0.15) is 0 Å². The van der Waals surface area contributed by atoms with Crippen molar-refractivity contribution in [2.45, 2.75) is 27.7 Å². The number of nitrogens with zero attached hydrogens (tertiary/aromatic N) is 1. The number of anilines is 1. The fourth-order valence-electron chi connectivity index (χ4n) is 1.92. The maximum atomic E-state index is 12.4. The molecule has 0 radical (unpaired) electrons. The van der Waals surface area contributed by atoms with E-state index in [1.54, 1.807) is 11.0 Å². The van der Waals surface area contributed by atoms with Crippen molar-refractivity contribution in [2.24, 2.45) is 0 Å². The molecule has 0 unspecified atom stereocenters. The highest BCUT2D eigenvalue weighted by Crippen LogP contribution is 2.19. The summed E-state index contributed by atoms with van der Waals surface area (Å²) < 4.78 is 0. The largest absolute Gasteiger partial charge is 0.398 e. The molecule has 1 aromatic rings. The van der Waals surface area contributed by atoms with E-state index in [-0.39, 0.29) is 5.91 Å². The first kappa shape index (κ1) is 14.3. The molecule has 3 nitrogen and oxygen atoms in total. The van der Waals surface area contributed by atoms with E-state index >= 15 is 0 Å². The number of aryl methyl sites for hydroxylation is 2. The molecule has 0 aliphatic rings. The van der Waals surface area contributed by atoms with Crippen LogP contribution in [0.5, 0.6) is 0 Å². The molecule has 0 atom stereocenters. The van der Waals surface area contributed by atoms with E-state index in [9.17, 15) is 4.79 Å². The van der Waals surface area contributed by atoms with Gasteiger partial charge in [-0.1, -0.05) is 18.2 Å². The first-order valence-corrected chi connectivity index (χ1v) is 6.17. The number of rotatable bonds is 4. The lowest BCUT2D eigenvalue weighted by atomic mass is 10.0. The van der Waals surface area contributed by atoms with Crippen LogP contribution in [0.2, 0.25) is 0 Å². The third kappa shape index (κ3) is 3.13. The van der Waals surface area contributed by atoms with Gasteiger partial charge in [0.15, 0.2) is 0 Å². The zero-order valence-corrected chi connectivity index (χ0v) is 11.7. The van der Waals surface area contributed by atoms with Crippen molar-refractivity contribution in [1.29, 1.82) is 0 Å². The zero-order valence-electron chi connectivity index (χ0n) is 11.7. The summed E-state index contributed by atoms with van der Waals surface area (Å²) in [5.74, 6) is 0.0182. The number of nitrogens with two attached hydrogens (primary N) is 1. The van der Waals surface area contributed by atoms with Gasteiger partial charge in [0.2, 0.25) is 0 Å². The standard InChI is InChI=1S/C15H22N2O/c1-6-17(9-10(2)3)15(18)13-8-14(16)12(5)7-11(13)4/h7-8H,2,6,9,16H2,1,3-5H3. The minimum absolute atomic E-state index is 0.0182. The minimum atomic E-state index is 0.0182. The number of benzene rings is 1. The highest BCUT2D eigenvalue weighted by Gasteiger charge is 2.17. The van der Waals surface area contributed by atoms with E-state index in [2.05, 4.69) is 6.58 Å². The number of carbonyl (C=O) groups excluding carboxylic acids is 1. The smallest absolute Gasteiger partial charge is 0.254 e. The molecule has 0 saturated heterocycles. The average Bonchev–Trinajstić information content (AvgIpc) is 2.29. The van der Waals surface area contributed by atoms with Crippen LogP contribution in [-0.2, 0) is 0 Å². The molecule has 0 aliphatic carbocycles. The normalized spacial score (nSPS) is 10.2. The second-order valence-electron chi connectivity index (χ2n) is 4.80. The predicted molar refractivity (Wildman–Crippen MR) is 76.7 cm³/mol. The van der Waals surface area contributed by atoms with Gasteiger partial charge >= 0.3 is 0 Å². The Hall–Kier alpha value is -1.77. The summed E-state index contributed by atoms with van der Waals surface area (Å²) in [5, 5.41) is 0. The SMILES string of the molecule is C=C(C)CN(CC)C(=O)c1cc(N)c(C)cc1C. The summed E-state index contributed by atoms with van der Waals surface area (Å²) in [6.07, 6.45) is 0. The van der Waals surface area contributed by atoms with Crippen LogP contribution < -0.4 is 5.73 Å². The summed E-state index contributed by atoms with van der Waals surface area (Å²) >= 11 is 0. The number of nitrogen functional groups attached to an aromatic ring is 1. The Balaban J connectivity index is 3.09. The Kier molecular flexibility index (Phi) is 4.54. The zero-order chi connectivity index (χ0) is 13.9. The van der Waals surface area contributed by atoms with Crippen molar-refractivity contribution < 1.29 is 4.79 Å². The van der Waals surface area contributed by atoms with E-state index in [1.807, 2.05) is 33.8 Å². The van der Waals surface area contributed by atoms with Gasteiger partial charge in [-0.25, -0.2) is 0 Å². The average molecular weight is 246 g/mol. The number of carbonyl (C=O) groups is 1. The van der Waals surface area contributed by atoms with Crippen LogP contribution in [0.1, 0.15) is 35.3 Å². The summed E-state index contributed by atoms with van der Waals surface area (Å²) in [5.41, 5.74) is 10.2. The molecular weight excluding hydrogens is 224 g/mol. The quantitative estimate of drug-likeness (QED) is 0.656. The van der Waals surface area contributed by atoms with Crippen LogP contribution in [0.4, 0.5) is 5.69 Å². The minimum Gasteiger partial charge on any atom is -0.398 e. The second-order valence-corrected chi connectivity index (χ2v) is 4.80. The fraction of sp³-hybridized carbons (Fsp3) is 0.400. The molecule has 2 N–H and O–H groups in total. The van der Waals surface area contributed by atoms with Crippen LogP contribution >= 0.6 is 0 Å². The number of amides is 1. The van der Waals surface area contributed by atoms with E-state index < -0.39 is 0 Å². The van der Waals surface area contributed by atoms with Crippen LogP contribution in [0, 0.1) is 13.8 Å². The van der Waals surface area contributed by atoms with Gasteiger partial charge in [0.25, 0.3) is 5.91 Å². The van der Waals surface area contributed by atoms with Gasteiger partial charge in [0.1, 0.15) is 0 Å². The number of hydrogen-bond acceptors (Lipinski definition) is 2. The third-order valence-corrected chi connectivity index (χ3v) is 2.97.